The molecule has 0 heteroatoms. The maximum Gasteiger partial charge on any atom is -0.00524 e. The molecule has 0 radical (unpaired) electrons. The second-order valence-corrected chi connectivity index (χ2v) is 6.30. The van der Waals surface area contributed by atoms with Crippen molar-refractivity contribution in [3.05, 3.63) is 40.5 Å². The van der Waals surface area contributed by atoms with Gasteiger partial charge in [-0.2, -0.15) is 0 Å². The molecule has 0 aliphatic heterocycles. The van der Waals surface area contributed by atoms with E-state index in [4.69, 9.17) is 0 Å². The average molecular weight is 240 g/mol. The van der Waals surface area contributed by atoms with E-state index in [-0.39, 0.29) is 0 Å². The molecule has 0 amide bonds. The van der Waals surface area contributed by atoms with Gasteiger partial charge in [-0.25, -0.2) is 0 Å². The molecule has 1 aromatic carbocycles. The summed E-state index contributed by atoms with van der Waals surface area (Å²) in [5, 5.41) is 0. The summed E-state index contributed by atoms with van der Waals surface area (Å²) in [6, 6.07) is 6.96. The van der Waals surface area contributed by atoms with Crippen LogP contribution >= 0.6 is 0 Å². The van der Waals surface area contributed by atoms with E-state index < -0.39 is 0 Å². The minimum atomic E-state index is 0.691. The van der Waals surface area contributed by atoms with Gasteiger partial charge in [0, 0.05) is 0 Å². The first-order chi connectivity index (χ1) is 8.75. The molecule has 0 bridgehead atoms. The van der Waals surface area contributed by atoms with Crippen molar-refractivity contribution in [3.8, 4) is 0 Å². The number of allylic oxidation sites excluding steroid dienone is 1. The molecule has 3 rings (SSSR count). The lowest BCUT2D eigenvalue weighted by Crippen LogP contribution is -2.08. The second kappa shape index (κ2) is 4.91. The zero-order chi connectivity index (χ0) is 12.5. The van der Waals surface area contributed by atoms with Crippen molar-refractivity contribution in [1.82, 2.24) is 0 Å². The highest BCUT2D eigenvalue weighted by atomic mass is 14.3. The van der Waals surface area contributed by atoms with Crippen LogP contribution in [0, 0.1) is 5.92 Å². The van der Waals surface area contributed by atoms with Crippen LogP contribution in [0.5, 0.6) is 0 Å². The van der Waals surface area contributed by atoms with Gasteiger partial charge in [-0.1, -0.05) is 63.0 Å². The molecule has 0 nitrogen and oxygen atoms in total. The molecular weight excluding hydrogens is 216 g/mol. The molecule has 1 aromatic rings. The fourth-order valence-corrected chi connectivity index (χ4v) is 3.58. The van der Waals surface area contributed by atoms with Gasteiger partial charge in [0.1, 0.15) is 0 Å². The standard InChI is InChI=1S/C18H24/c1-13(2)16-11-15-9-6-10-17(18(15)12-16)14-7-4-3-5-8-14/h6,9-11,13-14H,3-5,7-8,12H2,1-2H3. The molecule has 0 aromatic heterocycles. The monoisotopic (exact) mass is 240 g/mol. The molecular formula is C18H24. The smallest absolute Gasteiger partial charge is 0.00524 e. The second-order valence-electron chi connectivity index (χ2n) is 6.30. The molecule has 1 saturated carbocycles. The van der Waals surface area contributed by atoms with Gasteiger partial charge in [-0.15, -0.1) is 0 Å². The van der Waals surface area contributed by atoms with E-state index in [1.54, 1.807) is 16.7 Å². The first-order valence-electron chi connectivity index (χ1n) is 7.58. The highest BCUT2D eigenvalue weighted by Crippen LogP contribution is 2.39. The molecule has 0 atom stereocenters. The molecule has 2 aliphatic carbocycles. The van der Waals surface area contributed by atoms with Crippen LogP contribution in [0.2, 0.25) is 0 Å². The number of hydrogen-bond donors (Lipinski definition) is 0. The molecule has 0 spiro atoms. The lowest BCUT2D eigenvalue weighted by Gasteiger charge is -2.24. The Balaban J connectivity index is 1.90. The average Bonchev–Trinajstić information content (AvgIpc) is 2.83. The predicted molar refractivity (Wildman–Crippen MR) is 78.8 cm³/mol. The van der Waals surface area contributed by atoms with E-state index in [9.17, 15) is 0 Å². The summed E-state index contributed by atoms with van der Waals surface area (Å²) in [7, 11) is 0. The Morgan fingerprint density at radius 1 is 1.06 bits per heavy atom. The summed E-state index contributed by atoms with van der Waals surface area (Å²) in [5.74, 6) is 1.53. The number of benzene rings is 1. The first-order valence-corrected chi connectivity index (χ1v) is 7.58. The molecule has 0 heterocycles. The van der Waals surface area contributed by atoms with Gasteiger partial charge in [0.25, 0.3) is 0 Å². The Labute approximate surface area is 111 Å². The van der Waals surface area contributed by atoms with Crippen LogP contribution in [0.25, 0.3) is 6.08 Å². The van der Waals surface area contributed by atoms with Crippen molar-refractivity contribution in [3.63, 3.8) is 0 Å². The van der Waals surface area contributed by atoms with E-state index in [0.717, 1.165) is 5.92 Å². The number of hydrogen-bond acceptors (Lipinski definition) is 0. The zero-order valence-electron chi connectivity index (χ0n) is 11.7. The molecule has 0 unspecified atom stereocenters. The van der Waals surface area contributed by atoms with Crippen LogP contribution in [-0.2, 0) is 6.42 Å². The maximum absolute atomic E-state index is 2.44. The van der Waals surface area contributed by atoms with Gasteiger partial charge in [0.05, 0.1) is 0 Å². The lowest BCUT2D eigenvalue weighted by atomic mass is 9.81. The van der Waals surface area contributed by atoms with Gasteiger partial charge in [0.2, 0.25) is 0 Å². The van der Waals surface area contributed by atoms with Gasteiger partial charge in [-0.3, -0.25) is 0 Å². The predicted octanol–water partition coefficient (Wildman–Crippen LogP) is 5.33. The fourth-order valence-electron chi connectivity index (χ4n) is 3.58. The van der Waals surface area contributed by atoms with Crippen molar-refractivity contribution in [1.29, 1.82) is 0 Å². The van der Waals surface area contributed by atoms with Crippen LogP contribution in [0.1, 0.15) is 68.6 Å². The normalized spacial score (nSPS) is 20.1. The summed E-state index contributed by atoms with van der Waals surface area (Å²) in [4.78, 5) is 0. The van der Waals surface area contributed by atoms with Gasteiger partial charge < -0.3 is 0 Å². The lowest BCUT2D eigenvalue weighted by molar-refractivity contribution is 0.442. The maximum atomic E-state index is 2.44. The van der Waals surface area contributed by atoms with E-state index in [2.05, 4.69) is 38.1 Å². The Hall–Kier alpha value is -1.04. The van der Waals surface area contributed by atoms with Crippen molar-refractivity contribution < 1.29 is 0 Å². The van der Waals surface area contributed by atoms with Crippen LogP contribution in [0.4, 0.5) is 0 Å². The van der Waals surface area contributed by atoms with E-state index in [1.807, 2.05) is 0 Å². The van der Waals surface area contributed by atoms with Crippen LogP contribution in [0.3, 0.4) is 0 Å². The minimum absolute atomic E-state index is 0.691. The van der Waals surface area contributed by atoms with E-state index in [0.29, 0.717) is 5.92 Å². The topological polar surface area (TPSA) is 0 Å². The Bertz CT molecular complexity index is 459. The van der Waals surface area contributed by atoms with Crippen LogP contribution in [-0.4, -0.2) is 0 Å². The third-order valence-corrected chi connectivity index (χ3v) is 4.76. The molecule has 0 N–H and O–H groups in total. The summed E-state index contributed by atoms with van der Waals surface area (Å²) in [6.07, 6.45) is 10.8. The SMILES string of the molecule is CC(C)C1=Cc2cccc(C3CCCCC3)c2C1. The summed E-state index contributed by atoms with van der Waals surface area (Å²) in [5.41, 5.74) is 6.43. The zero-order valence-corrected chi connectivity index (χ0v) is 11.7. The highest BCUT2D eigenvalue weighted by molar-refractivity contribution is 5.66. The molecule has 18 heavy (non-hydrogen) atoms. The van der Waals surface area contributed by atoms with E-state index >= 15 is 0 Å². The van der Waals surface area contributed by atoms with Crippen LogP contribution in [0.15, 0.2) is 23.8 Å². The van der Waals surface area contributed by atoms with Gasteiger partial charge >= 0.3 is 0 Å². The molecule has 1 fully saturated rings. The van der Waals surface area contributed by atoms with Crippen molar-refractivity contribution in [2.45, 2.75) is 58.3 Å². The third-order valence-electron chi connectivity index (χ3n) is 4.76. The fraction of sp³-hybridized carbons (Fsp3) is 0.556. The third kappa shape index (κ3) is 2.13. The highest BCUT2D eigenvalue weighted by Gasteiger charge is 2.23. The quantitative estimate of drug-likeness (QED) is 0.655. The first kappa shape index (κ1) is 12.0. The Kier molecular flexibility index (Phi) is 3.28. The molecule has 96 valence electrons. The van der Waals surface area contributed by atoms with Crippen molar-refractivity contribution >= 4 is 6.08 Å². The van der Waals surface area contributed by atoms with Gasteiger partial charge in [-0.05, 0) is 47.8 Å². The van der Waals surface area contributed by atoms with Crippen molar-refractivity contribution in [2.24, 2.45) is 5.92 Å². The number of fused-ring (bicyclic) bond motifs is 1. The minimum Gasteiger partial charge on any atom is -0.0626 e. The van der Waals surface area contributed by atoms with Gasteiger partial charge in [0.15, 0.2) is 0 Å². The Morgan fingerprint density at radius 3 is 2.56 bits per heavy atom. The molecule has 2 aliphatic rings. The summed E-state index contributed by atoms with van der Waals surface area (Å²) >= 11 is 0. The van der Waals surface area contributed by atoms with Crippen molar-refractivity contribution in [2.75, 3.05) is 0 Å². The Morgan fingerprint density at radius 2 is 1.83 bits per heavy atom. The number of rotatable bonds is 2. The molecule has 0 saturated heterocycles. The summed E-state index contributed by atoms with van der Waals surface area (Å²) in [6.45, 7) is 4.63. The summed E-state index contributed by atoms with van der Waals surface area (Å²) < 4.78 is 0. The largest absolute Gasteiger partial charge is 0.0626 e. The van der Waals surface area contributed by atoms with E-state index in [1.165, 1.54) is 44.1 Å². The van der Waals surface area contributed by atoms with Crippen LogP contribution < -0.4 is 0 Å².